The Morgan fingerprint density at radius 3 is 1.28 bits per heavy atom. The van der Waals surface area contributed by atoms with Crippen LogP contribution in [0.1, 0.15) is 5.56 Å². The number of anilines is 3. The van der Waals surface area contributed by atoms with Crippen molar-refractivity contribution in [2.24, 2.45) is 0 Å². The van der Waals surface area contributed by atoms with Gasteiger partial charge < -0.3 is 4.90 Å². The maximum absolute atomic E-state index is 2.54. The van der Waals surface area contributed by atoms with Crippen LogP contribution in [-0.4, -0.2) is 0 Å². The highest BCUT2D eigenvalue weighted by Gasteiger charge is 2.23. The molecule has 0 radical (unpaired) electrons. The van der Waals surface area contributed by atoms with Crippen LogP contribution < -0.4 is 4.90 Å². The maximum atomic E-state index is 2.54. The Balaban J connectivity index is 1.34. The molecule has 0 fully saturated rings. The predicted molar refractivity (Wildman–Crippen MR) is 217 cm³/mol. The fourth-order valence-corrected chi connectivity index (χ4v) is 8.84. The van der Waals surface area contributed by atoms with Gasteiger partial charge in [0.25, 0.3) is 0 Å². The highest BCUT2D eigenvalue weighted by Crippen LogP contribution is 2.49. The summed E-state index contributed by atoms with van der Waals surface area (Å²) in [4.78, 5) is 2.54. The van der Waals surface area contributed by atoms with Crippen molar-refractivity contribution in [2.45, 2.75) is 6.92 Å². The quantitative estimate of drug-likeness (QED) is 0.138. The van der Waals surface area contributed by atoms with Crippen LogP contribution >= 0.6 is 0 Å². The molecular weight excluding hydrogens is 603 g/mol. The Morgan fingerprint density at radius 1 is 0.300 bits per heavy atom. The van der Waals surface area contributed by atoms with Gasteiger partial charge in [0.05, 0.1) is 11.4 Å². The zero-order chi connectivity index (χ0) is 32.9. The standard InChI is InChI=1S/C49H31N/c1-30-24-33-14-10-23-43-45-29-35(26-34-15-11-22-42(49(34)45)44(25-30)48(33)43)50(46-27-31-12-2-4-16-36(31)38-18-6-8-20-40(38)46)47-28-32-13-3-5-17-37(32)39-19-7-9-21-41(39)47/h2-29H,1H3. The molecule has 0 aliphatic carbocycles. The lowest BCUT2D eigenvalue weighted by atomic mass is 9.88. The predicted octanol–water partition coefficient (Wildman–Crippen LogP) is 14.1. The van der Waals surface area contributed by atoms with E-state index in [-0.39, 0.29) is 0 Å². The van der Waals surface area contributed by atoms with Crippen molar-refractivity contribution in [3.8, 4) is 0 Å². The molecular formula is C49H31N. The van der Waals surface area contributed by atoms with Crippen molar-refractivity contribution >= 4 is 103 Å². The van der Waals surface area contributed by atoms with Gasteiger partial charge in [-0.25, -0.2) is 0 Å². The van der Waals surface area contributed by atoms with E-state index < -0.39 is 0 Å². The van der Waals surface area contributed by atoms with Crippen molar-refractivity contribution in [1.82, 2.24) is 0 Å². The van der Waals surface area contributed by atoms with Gasteiger partial charge in [-0.05, 0) is 112 Å². The van der Waals surface area contributed by atoms with Crippen molar-refractivity contribution in [2.75, 3.05) is 4.90 Å². The number of hydrogen-bond donors (Lipinski definition) is 0. The van der Waals surface area contributed by atoms with Gasteiger partial charge >= 0.3 is 0 Å². The number of aryl methyl sites for hydroxylation is 1. The van der Waals surface area contributed by atoms with Crippen LogP contribution in [0.5, 0.6) is 0 Å². The number of hydrogen-bond acceptors (Lipinski definition) is 1. The minimum Gasteiger partial charge on any atom is -0.309 e. The van der Waals surface area contributed by atoms with Crippen molar-refractivity contribution in [3.05, 3.63) is 175 Å². The topological polar surface area (TPSA) is 3.24 Å². The molecule has 11 aromatic carbocycles. The van der Waals surface area contributed by atoms with Gasteiger partial charge in [0.2, 0.25) is 0 Å². The van der Waals surface area contributed by atoms with E-state index in [0.29, 0.717) is 0 Å². The Labute approximate surface area is 289 Å². The summed E-state index contributed by atoms with van der Waals surface area (Å²) in [5.74, 6) is 0. The van der Waals surface area contributed by atoms with E-state index in [1.54, 1.807) is 0 Å². The summed E-state index contributed by atoms with van der Waals surface area (Å²) >= 11 is 0. The van der Waals surface area contributed by atoms with Gasteiger partial charge in [-0.1, -0.05) is 146 Å². The largest absolute Gasteiger partial charge is 0.309 e. The first-order chi connectivity index (χ1) is 24.7. The van der Waals surface area contributed by atoms with Crippen LogP contribution in [0, 0.1) is 6.92 Å². The monoisotopic (exact) mass is 633 g/mol. The average Bonchev–Trinajstić information content (AvgIpc) is 3.16. The van der Waals surface area contributed by atoms with Crippen LogP contribution in [0.4, 0.5) is 17.1 Å². The zero-order valence-electron chi connectivity index (χ0n) is 27.6. The van der Waals surface area contributed by atoms with E-state index in [9.17, 15) is 0 Å². The van der Waals surface area contributed by atoms with Gasteiger partial charge in [0.1, 0.15) is 0 Å². The molecule has 50 heavy (non-hydrogen) atoms. The van der Waals surface area contributed by atoms with Crippen molar-refractivity contribution < 1.29 is 0 Å². The third-order valence-corrected chi connectivity index (χ3v) is 10.9. The zero-order valence-corrected chi connectivity index (χ0v) is 27.6. The molecule has 0 heterocycles. The van der Waals surface area contributed by atoms with Crippen LogP contribution in [0.2, 0.25) is 0 Å². The van der Waals surface area contributed by atoms with Gasteiger partial charge in [-0.3, -0.25) is 0 Å². The third kappa shape index (κ3) is 3.83. The van der Waals surface area contributed by atoms with E-state index in [4.69, 9.17) is 0 Å². The van der Waals surface area contributed by atoms with Crippen molar-refractivity contribution in [3.63, 3.8) is 0 Å². The summed E-state index contributed by atoms with van der Waals surface area (Å²) in [5, 5.41) is 20.4. The first kappa shape index (κ1) is 27.5. The summed E-state index contributed by atoms with van der Waals surface area (Å²) < 4.78 is 0. The number of fused-ring (bicyclic) bond motifs is 8. The molecule has 11 aromatic rings. The molecule has 0 saturated carbocycles. The van der Waals surface area contributed by atoms with Gasteiger partial charge in [0.15, 0.2) is 0 Å². The first-order valence-electron chi connectivity index (χ1n) is 17.4. The second-order valence-electron chi connectivity index (χ2n) is 13.8. The van der Waals surface area contributed by atoms with Gasteiger partial charge in [-0.2, -0.15) is 0 Å². The number of rotatable bonds is 3. The Kier molecular flexibility index (Phi) is 5.66. The average molecular weight is 634 g/mol. The molecule has 0 amide bonds. The minimum absolute atomic E-state index is 1.15. The fourth-order valence-electron chi connectivity index (χ4n) is 8.84. The molecule has 0 spiro atoms. The van der Waals surface area contributed by atoms with Crippen LogP contribution in [0.15, 0.2) is 170 Å². The molecule has 0 aromatic heterocycles. The summed E-state index contributed by atoms with van der Waals surface area (Å²) in [7, 11) is 0. The molecule has 0 aliphatic rings. The van der Waals surface area contributed by atoms with E-state index in [0.717, 1.165) is 5.69 Å². The summed E-state index contributed by atoms with van der Waals surface area (Å²) in [5.41, 5.74) is 4.79. The Bertz CT molecular complexity index is 3050. The third-order valence-electron chi connectivity index (χ3n) is 10.9. The Morgan fingerprint density at radius 2 is 0.720 bits per heavy atom. The lowest BCUT2D eigenvalue weighted by Gasteiger charge is -2.30. The minimum atomic E-state index is 1.15. The van der Waals surface area contributed by atoms with Gasteiger partial charge in [-0.15, -0.1) is 0 Å². The van der Waals surface area contributed by atoms with Crippen LogP contribution in [-0.2, 0) is 0 Å². The molecule has 0 bridgehead atoms. The fraction of sp³-hybridized carbons (Fsp3) is 0.0204. The van der Waals surface area contributed by atoms with E-state index in [1.165, 1.54) is 103 Å². The summed E-state index contributed by atoms with van der Waals surface area (Å²) in [6, 6.07) is 63.4. The lowest BCUT2D eigenvalue weighted by molar-refractivity contribution is 1.33. The molecule has 0 unspecified atom stereocenters. The van der Waals surface area contributed by atoms with Gasteiger partial charge in [0, 0.05) is 16.5 Å². The lowest BCUT2D eigenvalue weighted by Crippen LogP contribution is -2.11. The Hall–Kier alpha value is -6.44. The normalized spacial score (nSPS) is 12.1. The highest BCUT2D eigenvalue weighted by molar-refractivity contribution is 6.34. The first-order valence-corrected chi connectivity index (χ1v) is 17.4. The molecule has 1 heteroatoms. The van der Waals surface area contributed by atoms with E-state index in [1.807, 2.05) is 0 Å². The molecule has 232 valence electrons. The number of nitrogens with zero attached hydrogens (tertiary/aromatic N) is 1. The molecule has 0 aliphatic heterocycles. The van der Waals surface area contributed by atoms with Crippen LogP contribution in [0.3, 0.4) is 0 Å². The summed E-state index contributed by atoms with van der Waals surface area (Å²) in [6.45, 7) is 2.21. The van der Waals surface area contributed by atoms with Crippen molar-refractivity contribution in [1.29, 1.82) is 0 Å². The molecule has 11 rings (SSSR count). The second kappa shape index (κ2) is 10.3. The highest BCUT2D eigenvalue weighted by atomic mass is 15.1. The molecule has 0 N–H and O–H groups in total. The molecule has 1 nitrogen and oxygen atoms in total. The molecule has 0 atom stereocenters. The number of benzene rings is 11. The van der Waals surface area contributed by atoms with Crippen LogP contribution in [0.25, 0.3) is 86.2 Å². The van der Waals surface area contributed by atoms with E-state index in [2.05, 4.69) is 182 Å². The van der Waals surface area contributed by atoms with E-state index >= 15 is 0 Å². The SMILES string of the molecule is Cc1cc2cccc3c4cc(N(c5cc6ccccc6c6ccccc56)c5cc6ccccc6c6ccccc56)cc5cccc(c(c1)c23)c54. The molecule has 0 saturated heterocycles. The maximum Gasteiger partial charge on any atom is 0.0546 e. The summed E-state index contributed by atoms with van der Waals surface area (Å²) in [6.07, 6.45) is 0. The smallest absolute Gasteiger partial charge is 0.0546 e. The second-order valence-corrected chi connectivity index (χ2v) is 13.8.